The van der Waals surface area contributed by atoms with Crippen molar-refractivity contribution in [3.05, 3.63) is 24.3 Å². The van der Waals surface area contributed by atoms with Gasteiger partial charge in [-0.05, 0) is 69.7 Å². The average molecular weight is 333 g/mol. The van der Waals surface area contributed by atoms with Crippen LogP contribution in [-0.4, -0.2) is 24.2 Å². The lowest BCUT2D eigenvalue weighted by Crippen LogP contribution is -2.48. The van der Waals surface area contributed by atoms with E-state index < -0.39 is 5.60 Å². The Balaban J connectivity index is 2.06. The van der Waals surface area contributed by atoms with Crippen LogP contribution in [0.1, 0.15) is 59.8 Å². The van der Waals surface area contributed by atoms with Crippen LogP contribution in [0.2, 0.25) is 0 Å². The summed E-state index contributed by atoms with van der Waals surface area (Å²) in [5.74, 6) is 1.31. The first kappa shape index (κ1) is 18.8. The van der Waals surface area contributed by atoms with E-state index in [4.69, 9.17) is 9.47 Å². The molecule has 0 aromatic heterocycles. The minimum atomic E-state index is -0.680. The number of hydrogen-bond donors (Lipinski definition) is 1. The summed E-state index contributed by atoms with van der Waals surface area (Å²) >= 11 is 0. The molecule has 0 heterocycles. The molecule has 2 rings (SSSR count). The van der Waals surface area contributed by atoms with Gasteiger partial charge in [-0.2, -0.15) is 0 Å². The van der Waals surface area contributed by atoms with Gasteiger partial charge in [0.2, 0.25) is 0 Å². The maximum Gasteiger partial charge on any atom is 0.256 e. The summed E-state index contributed by atoms with van der Waals surface area (Å²) in [5, 5.41) is 3.04. The van der Waals surface area contributed by atoms with Crippen molar-refractivity contribution in [2.24, 2.45) is 5.92 Å². The first-order valence-corrected chi connectivity index (χ1v) is 9.17. The van der Waals surface area contributed by atoms with Gasteiger partial charge in [0.1, 0.15) is 11.4 Å². The standard InChI is InChI=1S/C20H31NO3/c1-5-13-23-20(12-6-7-16(4)14-20)19(22)21-17-8-10-18(11-9-17)24-15(2)3/h8-11,15-16H,5-7,12-14H2,1-4H3,(H,21,22)/t16-,20-/m0/s1. The molecule has 0 unspecified atom stereocenters. The highest BCUT2D eigenvalue weighted by molar-refractivity contribution is 5.97. The molecule has 0 spiro atoms. The van der Waals surface area contributed by atoms with E-state index >= 15 is 0 Å². The molecule has 0 radical (unpaired) electrons. The number of carbonyl (C=O) groups excluding carboxylic acids is 1. The number of ether oxygens (including phenoxy) is 2. The van der Waals surface area contributed by atoms with E-state index in [9.17, 15) is 4.79 Å². The van der Waals surface area contributed by atoms with Crippen molar-refractivity contribution < 1.29 is 14.3 Å². The van der Waals surface area contributed by atoms with Gasteiger partial charge in [0.25, 0.3) is 5.91 Å². The second kappa shape index (κ2) is 8.52. The summed E-state index contributed by atoms with van der Waals surface area (Å²) in [6.07, 6.45) is 4.88. The topological polar surface area (TPSA) is 47.6 Å². The Labute approximate surface area is 145 Å². The molecule has 1 aliphatic rings. The number of amides is 1. The maximum atomic E-state index is 12.9. The third kappa shape index (κ3) is 4.97. The van der Waals surface area contributed by atoms with Crippen molar-refractivity contribution in [1.29, 1.82) is 0 Å². The SMILES string of the molecule is CCCO[C@@]1(C(=O)Nc2ccc(OC(C)C)cc2)CCC[C@H](C)C1. The molecule has 1 amide bonds. The molecule has 1 aliphatic carbocycles. The Kier molecular flexibility index (Phi) is 6.67. The smallest absolute Gasteiger partial charge is 0.256 e. The second-order valence-electron chi connectivity index (χ2n) is 7.19. The van der Waals surface area contributed by atoms with Crippen molar-refractivity contribution in [2.75, 3.05) is 11.9 Å². The molecule has 2 atom stereocenters. The number of hydrogen-bond acceptors (Lipinski definition) is 3. The Bertz CT molecular complexity index is 526. The largest absolute Gasteiger partial charge is 0.491 e. The molecule has 24 heavy (non-hydrogen) atoms. The maximum absolute atomic E-state index is 12.9. The van der Waals surface area contributed by atoms with Crippen molar-refractivity contribution in [2.45, 2.75) is 71.5 Å². The van der Waals surface area contributed by atoms with Gasteiger partial charge in [-0.25, -0.2) is 0 Å². The molecule has 0 aliphatic heterocycles. The fraction of sp³-hybridized carbons (Fsp3) is 0.650. The fourth-order valence-electron chi connectivity index (χ4n) is 3.34. The number of nitrogens with one attached hydrogen (secondary N) is 1. The van der Waals surface area contributed by atoms with E-state index in [1.165, 1.54) is 6.42 Å². The highest BCUT2D eigenvalue weighted by atomic mass is 16.5. The van der Waals surface area contributed by atoms with Gasteiger partial charge in [0, 0.05) is 12.3 Å². The Morgan fingerprint density at radius 1 is 1.33 bits per heavy atom. The Morgan fingerprint density at radius 3 is 2.62 bits per heavy atom. The molecule has 1 N–H and O–H groups in total. The molecule has 0 saturated heterocycles. The summed E-state index contributed by atoms with van der Waals surface area (Å²) in [6.45, 7) is 8.89. The molecular formula is C20H31NO3. The Morgan fingerprint density at radius 2 is 2.04 bits per heavy atom. The molecule has 1 fully saturated rings. The van der Waals surface area contributed by atoms with Gasteiger partial charge >= 0.3 is 0 Å². The van der Waals surface area contributed by atoms with Crippen molar-refractivity contribution in [1.82, 2.24) is 0 Å². The van der Waals surface area contributed by atoms with Crippen LogP contribution < -0.4 is 10.1 Å². The summed E-state index contributed by atoms with van der Waals surface area (Å²) < 4.78 is 11.7. The zero-order valence-electron chi connectivity index (χ0n) is 15.4. The van der Waals surface area contributed by atoms with Crippen LogP contribution >= 0.6 is 0 Å². The molecule has 4 heteroatoms. The first-order chi connectivity index (χ1) is 11.4. The van der Waals surface area contributed by atoms with E-state index in [1.54, 1.807) is 0 Å². The third-order valence-electron chi connectivity index (χ3n) is 4.44. The van der Waals surface area contributed by atoms with E-state index in [0.29, 0.717) is 12.5 Å². The van der Waals surface area contributed by atoms with Gasteiger partial charge in [0.05, 0.1) is 6.10 Å². The van der Waals surface area contributed by atoms with Crippen LogP contribution in [0.3, 0.4) is 0 Å². The molecule has 1 saturated carbocycles. The predicted molar refractivity (Wildman–Crippen MR) is 97.4 cm³/mol. The number of carbonyl (C=O) groups is 1. The van der Waals surface area contributed by atoms with Crippen LogP contribution in [0.4, 0.5) is 5.69 Å². The molecule has 1 aromatic rings. The zero-order valence-corrected chi connectivity index (χ0v) is 15.4. The van der Waals surface area contributed by atoms with Gasteiger partial charge in [-0.15, -0.1) is 0 Å². The number of anilines is 1. The monoisotopic (exact) mass is 333 g/mol. The van der Waals surface area contributed by atoms with E-state index in [0.717, 1.165) is 37.1 Å². The van der Waals surface area contributed by atoms with Gasteiger partial charge < -0.3 is 14.8 Å². The molecular weight excluding hydrogens is 302 g/mol. The van der Waals surface area contributed by atoms with E-state index in [1.807, 2.05) is 38.1 Å². The zero-order chi connectivity index (χ0) is 17.6. The van der Waals surface area contributed by atoms with Crippen LogP contribution in [0, 0.1) is 5.92 Å². The normalized spacial score (nSPS) is 24.0. The molecule has 134 valence electrons. The van der Waals surface area contributed by atoms with E-state index in [2.05, 4.69) is 19.2 Å². The minimum absolute atomic E-state index is 0.0139. The van der Waals surface area contributed by atoms with Gasteiger partial charge in [0.15, 0.2) is 0 Å². The minimum Gasteiger partial charge on any atom is -0.491 e. The predicted octanol–water partition coefficient (Wildman–Crippen LogP) is 4.79. The van der Waals surface area contributed by atoms with Crippen LogP contribution in [-0.2, 0) is 9.53 Å². The van der Waals surface area contributed by atoms with Crippen molar-refractivity contribution >= 4 is 11.6 Å². The number of benzene rings is 1. The highest BCUT2D eigenvalue weighted by Crippen LogP contribution is 2.36. The molecule has 4 nitrogen and oxygen atoms in total. The van der Waals surface area contributed by atoms with Gasteiger partial charge in [-0.1, -0.05) is 20.3 Å². The number of rotatable bonds is 7. The van der Waals surface area contributed by atoms with Crippen LogP contribution in [0.5, 0.6) is 5.75 Å². The quantitative estimate of drug-likeness (QED) is 0.780. The summed E-state index contributed by atoms with van der Waals surface area (Å²) in [4.78, 5) is 12.9. The fourth-order valence-corrected chi connectivity index (χ4v) is 3.34. The van der Waals surface area contributed by atoms with E-state index in [-0.39, 0.29) is 12.0 Å². The first-order valence-electron chi connectivity index (χ1n) is 9.17. The van der Waals surface area contributed by atoms with Gasteiger partial charge in [-0.3, -0.25) is 4.79 Å². The van der Waals surface area contributed by atoms with Crippen LogP contribution in [0.15, 0.2) is 24.3 Å². The lowest BCUT2D eigenvalue weighted by Gasteiger charge is -2.38. The average Bonchev–Trinajstić information content (AvgIpc) is 2.54. The lowest BCUT2D eigenvalue weighted by atomic mass is 9.78. The summed E-state index contributed by atoms with van der Waals surface area (Å²) in [6, 6.07) is 7.54. The summed E-state index contributed by atoms with van der Waals surface area (Å²) in [5.41, 5.74) is 0.106. The summed E-state index contributed by atoms with van der Waals surface area (Å²) in [7, 11) is 0. The highest BCUT2D eigenvalue weighted by Gasteiger charge is 2.42. The molecule has 0 bridgehead atoms. The van der Waals surface area contributed by atoms with Crippen molar-refractivity contribution in [3.8, 4) is 5.75 Å². The van der Waals surface area contributed by atoms with Crippen molar-refractivity contribution in [3.63, 3.8) is 0 Å². The lowest BCUT2D eigenvalue weighted by molar-refractivity contribution is -0.148. The van der Waals surface area contributed by atoms with Crippen LogP contribution in [0.25, 0.3) is 0 Å². The second-order valence-corrected chi connectivity index (χ2v) is 7.19. The third-order valence-corrected chi connectivity index (χ3v) is 4.44. The molecule has 1 aromatic carbocycles. The Hall–Kier alpha value is -1.55.